The van der Waals surface area contributed by atoms with Crippen LogP contribution in [0.2, 0.25) is 0 Å². The first kappa shape index (κ1) is 33.0. The van der Waals surface area contributed by atoms with Crippen LogP contribution >= 0.6 is 0 Å². The second-order valence-electron chi connectivity index (χ2n) is 13.1. The van der Waals surface area contributed by atoms with Crippen LogP contribution < -0.4 is 21.1 Å². The summed E-state index contributed by atoms with van der Waals surface area (Å²) in [6.45, 7) is 12.0. The molecule has 6 aromatic carbocycles. The number of anilines is 2. The van der Waals surface area contributed by atoms with Gasteiger partial charge in [-0.25, -0.2) is 9.59 Å². The molecule has 0 radical (unpaired) electrons. The van der Waals surface area contributed by atoms with Crippen molar-refractivity contribution in [3.63, 3.8) is 0 Å². The van der Waals surface area contributed by atoms with E-state index in [0.29, 0.717) is 22.3 Å². The minimum Gasteiger partial charge on any atom is -0.422 e. The normalized spacial score (nSPS) is 11.5. The SMILES string of the molecule is CCN(CC)c1ccc2cc(-c3cccc4c(-c5cccc6c(-c7cc8ccc(N(CC)CC)cc8oc7=O)cccc56)cccc34)c(=O)oc2c1. The molecular weight excluding hydrogens is 645 g/mol. The molecule has 0 aliphatic heterocycles. The molecular formula is C46H40N2O4. The summed E-state index contributed by atoms with van der Waals surface area (Å²) in [5.74, 6) is 0. The van der Waals surface area contributed by atoms with Crippen LogP contribution in [0.4, 0.5) is 11.4 Å². The van der Waals surface area contributed by atoms with E-state index < -0.39 is 0 Å². The maximum atomic E-state index is 13.6. The van der Waals surface area contributed by atoms with Gasteiger partial charge in [0.25, 0.3) is 0 Å². The van der Waals surface area contributed by atoms with Gasteiger partial charge in [0.1, 0.15) is 11.2 Å². The molecule has 6 heteroatoms. The van der Waals surface area contributed by atoms with Gasteiger partial charge in [0.05, 0.1) is 11.1 Å². The summed E-state index contributed by atoms with van der Waals surface area (Å²) >= 11 is 0. The molecule has 2 heterocycles. The van der Waals surface area contributed by atoms with Gasteiger partial charge >= 0.3 is 11.3 Å². The Morgan fingerprint density at radius 3 is 1.06 bits per heavy atom. The average molecular weight is 685 g/mol. The lowest BCUT2D eigenvalue weighted by Gasteiger charge is -2.21. The van der Waals surface area contributed by atoms with Crippen LogP contribution in [0.25, 0.3) is 76.9 Å². The van der Waals surface area contributed by atoms with Crippen molar-refractivity contribution < 1.29 is 8.83 Å². The van der Waals surface area contributed by atoms with Gasteiger partial charge in [0.2, 0.25) is 0 Å². The number of nitrogens with zero attached hydrogens (tertiary/aromatic N) is 2. The van der Waals surface area contributed by atoms with Crippen molar-refractivity contribution in [3.05, 3.63) is 142 Å². The van der Waals surface area contributed by atoms with Crippen molar-refractivity contribution >= 4 is 54.9 Å². The average Bonchev–Trinajstić information content (AvgIpc) is 3.17. The van der Waals surface area contributed by atoms with E-state index in [4.69, 9.17) is 8.83 Å². The third-order valence-corrected chi connectivity index (χ3v) is 10.4. The van der Waals surface area contributed by atoms with E-state index in [1.165, 1.54) is 0 Å². The summed E-state index contributed by atoms with van der Waals surface area (Å²) in [5.41, 5.74) is 7.26. The zero-order chi connectivity index (χ0) is 35.9. The minimum absolute atomic E-state index is 0.365. The molecule has 0 N–H and O–H groups in total. The summed E-state index contributed by atoms with van der Waals surface area (Å²) in [7, 11) is 0. The first-order valence-electron chi connectivity index (χ1n) is 18.1. The molecule has 0 amide bonds. The molecule has 0 atom stereocenters. The summed E-state index contributed by atoms with van der Waals surface area (Å²) in [5, 5.41) is 5.70. The van der Waals surface area contributed by atoms with Crippen LogP contribution in [-0.2, 0) is 0 Å². The van der Waals surface area contributed by atoms with E-state index in [1.807, 2.05) is 72.8 Å². The van der Waals surface area contributed by atoms with Crippen molar-refractivity contribution in [2.24, 2.45) is 0 Å². The van der Waals surface area contributed by atoms with Gasteiger partial charge in [0, 0.05) is 60.5 Å². The zero-order valence-corrected chi connectivity index (χ0v) is 29.9. The Bertz CT molecular complexity index is 2560. The zero-order valence-electron chi connectivity index (χ0n) is 29.9. The summed E-state index contributed by atoms with van der Waals surface area (Å²) in [6.07, 6.45) is 0. The Labute approximate surface area is 302 Å². The summed E-state index contributed by atoms with van der Waals surface area (Å²) in [6, 6.07) is 40.6. The topological polar surface area (TPSA) is 66.9 Å². The fourth-order valence-corrected chi connectivity index (χ4v) is 7.71. The number of benzene rings is 6. The largest absolute Gasteiger partial charge is 0.422 e. The van der Waals surface area contributed by atoms with Gasteiger partial charge in [-0.1, -0.05) is 72.8 Å². The Balaban J connectivity index is 1.24. The van der Waals surface area contributed by atoms with Gasteiger partial charge < -0.3 is 18.6 Å². The first-order chi connectivity index (χ1) is 25.4. The highest BCUT2D eigenvalue weighted by Crippen LogP contribution is 2.40. The summed E-state index contributed by atoms with van der Waals surface area (Å²) < 4.78 is 11.9. The van der Waals surface area contributed by atoms with Gasteiger partial charge in [-0.3, -0.25) is 0 Å². The van der Waals surface area contributed by atoms with Crippen LogP contribution in [0.15, 0.2) is 140 Å². The Kier molecular flexibility index (Phi) is 8.59. The van der Waals surface area contributed by atoms with Crippen molar-refractivity contribution in [2.45, 2.75) is 27.7 Å². The van der Waals surface area contributed by atoms with E-state index in [1.54, 1.807) is 0 Å². The fourth-order valence-electron chi connectivity index (χ4n) is 7.71. The number of fused-ring (bicyclic) bond motifs is 4. The minimum atomic E-state index is -0.365. The van der Waals surface area contributed by atoms with Gasteiger partial charge in [-0.05, 0) is 108 Å². The van der Waals surface area contributed by atoms with Crippen molar-refractivity contribution in [2.75, 3.05) is 36.0 Å². The molecule has 0 bridgehead atoms. The number of hydrogen-bond acceptors (Lipinski definition) is 6. The molecule has 0 aliphatic carbocycles. The molecule has 0 saturated heterocycles. The van der Waals surface area contributed by atoms with Crippen LogP contribution in [0.5, 0.6) is 0 Å². The lowest BCUT2D eigenvalue weighted by Crippen LogP contribution is -2.21. The molecule has 52 heavy (non-hydrogen) atoms. The second-order valence-corrected chi connectivity index (χ2v) is 13.1. The van der Waals surface area contributed by atoms with Gasteiger partial charge in [0.15, 0.2) is 0 Å². The van der Waals surface area contributed by atoms with Gasteiger partial charge in [-0.15, -0.1) is 0 Å². The molecule has 6 nitrogen and oxygen atoms in total. The third-order valence-electron chi connectivity index (χ3n) is 10.4. The number of rotatable bonds is 9. The molecule has 8 aromatic rings. The maximum absolute atomic E-state index is 13.6. The lowest BCUT2D eigenvalue weighted by molar-refractivity contribution is 0.563. The van der Waals surface area contributed by atoms with Crippen LogP contribution in [0, 0.1) is 0 Å². The Morgan fingerprint density at radius 2 is 0.731 bits per heavy atom. The van der Waals surface area contributed by atoms with E-state index in [9.17, 15) is 9.59 Å². The highest BCUT2D eigenvalue weighted by atomic mass is 16.4. The van der Waals surface area contributed by atoms with E-state index >= 15 is 0 Å². The van der Waals surface area contributed by atoms with Gasteiger partial charge in [-0.2, -0.15) is 0 Å². The fraction of sp³-hybridized carbons (Fsp3) is 0.174. The molecule has 0 aliphatic rings. The molecule has 0 fully saturated rings. The molecule has 258 valence electrons. The number of hydrogen-bond donors (Lipinski definition) is 0. The third kappa shape index (κ3) is 5.61. The van der Waals surface area contributed by atoms with Crippen LogP contribution in [0.3, 0.4) is 0 Å². The van der Waals surface area contributed by atoms with E-state index in [2.05, 4.69) is 86.0 Å². The summed E-state index contributed by atoms with van der Waals surface area (Å²) in [4.78, 5) is 31.6. The Morgan fingerprint density at radius 1 is 0.404 bits per heavy atom. The molecule has 0 spiro atoms. The van der Waals surface area contributed by atoms with Crippen molar-refractivity contribution in [1.82, 2.24) is 0 Å². The molecule has 2 aromatic heterocycles. The monoisotopic (exact) mass is 684 g/mol. The van der Waals surface area contributed by atoms with Crippen LogP contribution in [-0.4, -0.2) is 26.2 Å². The molecule has 8 rings (SSSR count). The van der Waals surface area contributed by atoms with Crippen LogP contribution in [0.1, 0.15) is 27.7 Å². The van der Waals surface area contributed by atoms with E-state index in [0.717, 1.165) is 92.1 Å². The second kappa shape index (κ2) is 13.5. The first-order valence-corrected chi connectivity index (χ1v) is 18.1. The standard InChI is InChI=1S/C46H40N2O4/c1-5-47(6-2)31-23-21-29-25-41(45(49)51-43(29)27-31)39-19-11-15-35-33(13-9-17-37(35)39)34-14-10-18-38-36(34)16-12-20-40(38)42-26-30-22-24-32(48(7-3)8-4)28-44(30)52-46(42)50/h9-28H,5-8H2,1-4H3. The lowest BCUT2D eigenvalue weighted by atomic mass is 9.89. The molecule has 0 saturated carbocycles. The quantitative estimate of drug-likeness (QED) is 0.141. The Hall–Kier alpha value is -6.14. The predicted octanol–water partition coefficient (Wildman–Crippen LogP) is 10.9. The smallest absolute Gasteiger partial charge is 0.344 e. The van der Waals surface area contributed by atoms with E-state index in [-0.39, 0.29) is 11.3 Å². The predicted molar refractivity (Wildman–Crippen MR) is 217 cm³/mol. The van der Waals surface area contributed by atoms with Crippen molar-refractivity contribution in [1.29, 1.82) is 0 Å². The maximum Gasteiger partial charge on any atom is 0.344 e. The highest BCUT2D eigenvalue weighted by molar-refractivity contribution is 6.11. The molecule has 0 unspecified atom stereocenters. The van der Waals surface area contributed by atoms with Crippen molar-refractivity contribution in [3.8, 4) is 33.4 Å². The highest BCUT2D eigenvalue weighted by Gasteiger charge is 2.17.